The lowest BCUT2D eigenvalue weighted by Gasteiger charge is -2.53. The smallest absolute Gasteiger partial charge is 0.327 e. The van der Waals surface area contributed by atoms with Crippen molar-refractivity contribution in [2.45, 2.75) is 70.7 Å². The van der Waals surface area contributed by atoms with Crippen LogP contribution >= 0.6 is 0 Å². The number of hydrogen-bond donors (Lipinski definition) is 1. The Hall–Kier alpha value is -3.81. The number of esters is 1. The molecule has 3 aromatic rings. The van der Waals surface area contributed by atoms with E-state index in [4.69, 9.17) is 4.74 Å². The topological polar surface area (TPSA) is 86.9 Å². The summed E-state index contributed by atoms with van der Waals surface area (Å²) in [6.07, 6.45) is 1.72. The summed E-state index contributed by atoms with van der Waals surface area (Å²) in [6.45, 7) is 8.37. The van der Waals surface area contributed by atoms with Crippen LogP contribution in [0.3, 0.4) is 0 Å². The molecule has 2 saturated carbocycles. The summed E-state index contributed by atoms with van der Waals surface area (Å²) >= 11 is 0. The van der Waals surface area contributed by atoms with E-state index in [-0.39, 0.29) is 23.3 Å². The minimum Gasteiger partial charge on any atom is -0.460 e. The van der Waals surface area contributed by atoms with Crippen molar-refractivity contribution in [1.29, 1.82) is 0 Å². The number of fused-ring (bicyclic) bond motifs is 3. The number of benzene rings is 3. The van der Waals surface area contributed by atoms with Gasteiger partial charge in [0.15, 0.2) is 0 Å². The summed E-state index contributed by atoms with van der Waals surface area (Å²) in [4.78, 5) is 40.8. The third kappa shape index (κ3) is 3.64. The zero-order valence-corrected chi connectivity index (χ0v) is 25.1. The maximum atomic E-state index is 14.2. The Morgan fingerprint density at radius 2 is 1.40 bits per heavy atom. The van der Waals surface area contributed by atoms with E-state index >= 15 is 0 Å². The highest BCUT2D eigenvalue weighted by atomic mass is 16.6. The second kappa shape index (κ2) is 9.60. The standard InChI is InChI=1S/C36H38N2O5/c1-22(2)29-30(37(29)38-31(39)26-17-11-12-18-27(26)32(38)40)33(41)43-28-21-25-19-20-35(28,34(25,3)4)36(42,23-13-7-5-8-14-23)24-15-9-6-10-16-24/h5-18,22,25,28-30,42H,19-21H2,1-4H3/t25-,28-,29+,30-,35-,37?/m1/s1. The number of imide groups is 1. The molecular formula is C36H38N2O5. The second-order valence-corrected chi connectivity index (χ2v) is 13.6. The number of carbonyl (C=O) groups is 3. The summed E-state index contributed by atoms with van der Waals surface area (Å²) < 4.78 is 6.53. The molecule has 43 heavy (non-hydrogen) atoms. The highest BCUT2D eigenvalue weighted by molar-refractivity contribution is 6.21. The number of hydrogen-bond acceptors (Lipinski definition) is 6. The fraction of sp³-hybridized carbons (Fsp3) is 0.417. The van der Waals surface area contributed by atoms with Crippen LogP contribution in [0, 0.1) is 22.7 Å². The largest absolute Gasteiger partial charge is 0.460 e. The first-order valence-corrected chi connectivity index (χ1v) is 15.4. The second-order valence-electron chi connectivity index (χ2n) is 13.6. The predicted molar refractivity (Wildman–Crippen MR) is 161 cm³/mol. The summed E-state index contributed by atoms with van der Waals surface area (Å²) in [5.74, 6) is -1.02. The van der Waals surface area contributed by atoms with Crippen molar-refractivity contribution >= 4 is 17.8 Å². The van der Waals surface area contributed by atoms with Crippen LogP contribution in [-0.4, -0.2) is 51.1 Å². The Morgan fingerprint density at radius 1 is 0.884 bits per heavy atom. The lowest BCUT2D eigenvalue weighted by Crippen LogP contribution is -2.57. The molecule has 7 nitrogen and oxygen atoms in total. The lowest BCUT2D eigenvalue weighted by molar-refractivity contribution is -0.185. The highest BCUT2D eigenvalue weighted by Crippen LogP contribution is 2.73. The van der Waals surface area contributed by atoms with Crippen molar-refractivity contribution in [2.75, 3.05) is 0 Å². The van der Waals surface area contributed by atoms with Gasteiger partial charge < -0.3 is 9.84 Å². The maximum absolute atomic E-state index is 14.2. The van der Waals surface area contributed by atoms with Crippen LogP contribution in [0.1, 0.15) is 78.8 Å². The van der Waals surface area contributed by atoms with E-state index in [9.17, 15) is 19.5 Å². The van der Waals surface area contributed by atoms with Crippen molar-refractivity contribution in [3.63, 3.8) is 0 Å². The van der Waals surface area contributed by atoms with Gasteiger partial charge in [-0.1, -0.05) is 100 Å². The number of aliphatic hydroxyl groups is 1. The average Bonchev–Trinajstić information content (AvgIpc) is 3.57. The summed E-state index contributed by atoms with van der Waals surface area (Å²) in [5, 5.41) is 15.9. The van der Waals surface area contributed by atoms with Gasteiger partial charge in [-0.05, 0) is 59.8 Å². The van der Waals surface area contributed by atoms with Gasteiger partial charge in [-0.15, -0.1) is 0 Å². The molecule has 2 aliphatic heterocycles. The van der Waals surface area contributed by atoms with Crippen LogP contribution in [-0.2, 0) is 15.1 Å². The van der Waals surface area contributed by atoms with E-state index in [1.54, 1.807) is 29.3 Å². The quantitative estimate of drug-likeness (QED) is 0.224. The average molecular weight is 579 g/mol. The number of nitrogens with zero attached hydrogens (tertiary/aromatic N) is 2. The van der Waals surface area contributed by atoms with Gasteiger partial charge in [0.25, 0.3) is 11.8 Å². The van der Waals surface area contributed by atoms with Gasteiger partial charge in [-0.2, -0.15) is 5.01 Å². The van der Waals surface area contributed by atoms with Gasteiger partial charge in [-0.3, -0.25) is 14.4 Å². The van der Waals surface area contributed by atoms with Crippen LogP contribution in [0.2, 0.25) is 0 Å². The molecule has 1 unspecified atom stereocenters. The van der Waals surface area contributed by atoms with E-state index in [0.29, 0.717) is 24.0 Å². The van der Waals surface area contributed by atoms with Crippen LogP contribution in [0.5, 0.6) is 0 Å². The molecule has 1 saturated heterocycles. The van der Waals surface area contributed by atoms with Crippen molar-refractivity contribution < 1.29 is 24.2 Å². The first-order valence-electron chi connectivity index (χ1n) is 15.4. The van der Waals surface area contributed by atoms with E-state index in [2.05, 4.69) is 13.8 Å². The summed E-state index contributed by atoms with van der Waals surface area (Å²) in [5.41, 5.74) is -0.322. The predicted octanol–water partition coefficient (Wildman–Crippen LogP) is 5.58. The number of amides is 2. The molecule has 3 fully saturated rings. The molecule has 7 heteroatoms. The van der Waals surface area contributed by atoms with E-state index in [1.165, 1.54) is 0 Å². The van der Waals surface area contributed by atoms with Gasteiger partial charge >= 0.3 is 5.97 Å². The zero-order chi connectivity index (χ0) is 30.3. The summed E-state index contributed by atoms with van der Waals surface area (Å²) in [7, 11) is 0. The zero-order valence-electron chi connectivity index (χ0n) is 25.1. The van der Waals surface area contributed by atoms with Crippen LogP contribution in [0.4, 0.5) is 0 Å². The monoisotopic (exact) mass is 578 g/mol. The van der Waals surface area contributed by atoms with Gasteiger partial charge in [0.2, 0.25) is 0 Å². The molecule has 6 atom stereocenters. The Labute approximate surface area is 252 Å². The minimum atomic E-state index is -1.42. The third-order valence-corrected chi connectivity index (χ3v) is 11.1. The normalized spacial score (nSPS) is 30.6. The molecule has 2 heterocycles. The summed E-state index contributed by atoms with van der Waals surface area (Å²) in [6, 6.07) is 25.1. The van der Waals surface area contributed by atoms with Crippen molar-refractivity contribution in [2.24, 2.45) is 22.7 Å². The van der Waals surface area contributed by atoms with Crippen molar-refractivity contribution in [3.8, 4) is 0 Å². The first kappa shape index (κ1) is 28.0. The van der Waals surface area contributed by atoms with Gasteiger partial charge in [0.05, 0.1) is 17.2 Å². The van der Waals surface area contributed by atoms with E-state index in [1.807, 2.05) is 74.5 Å². The number of ether oxygens (including phenoxy) is 1. The van der Waals surface area contributed by atoms with Crippen LogP contribution in [0.25, 0.3) is 0 Å². The van der Waals surface area contributed by atoms with E-state index in [0.717, 1.165) is 22.6 Å². The molecule has 222 valence electrons. The Morgan fingerprint density at radius 3 is 1.88 bits per heavy atom. The lowest BCUT2D eigenvalue weighted by atomic mass is 9.54. The first-order chi connectivity index (χ1) is 20.6. The molecule has 0 spiro atoms. The third-order valence-electron chi connectivity index (χ3n) is 11.1. The Bertz CT molecular complexity index is 1530. The number of hydrazine groups is 1. The highest BCUT2D eigenvalue weighted by Gasteiger charge is 2.74. The number of rotatable bonds is 7. The molecule has 0 aromatic heterocycles. The molecule has 2 amide bonds. The SMILES string of the molecule is CC(C)[C@H]1[C@H](C(=O)O[C@@H]2C[C@H]3CC[C@]2(C(O)(c2ccccc2)c2ccccc2)C3(C)C)N1N1C(=O)c2ccccc2C1=O. The fourth-order valence-electron chi connectivity index (χ4n) is 8.98. The molecule has 4 aliphatic rings. The molecule has 2 bridgehead atoms. The van der Waals surface area contributed by atoms with Gasteiger partial charge in [0.1, 0.15) is 17.7 Å². The molecule has 7 rings (SSSR count). The van der Waals surface area contributed by atoms with E-state index < -0.39 is 40.9 Å². The van der Waals surface area contributed by atoms with Gasteiger partial charge in [0, 0.05) is 5.41 Å². The molecule has 2 aliphatic carbocycles. The molecule has 0 radical (unpaired) electrons. The molecular weight excluding hydrogens is 540 g/mol. The Kier molecular flexibility index (Phi) is 6.25. The van der Waals surface area contributed by atoms with Gasteiger partial charge in [-0.25, -0.2) is 5.01 Å². The Balaban J connectivity index is 1.26. The fourth-order valence-corrected chi connectivity index (χ4v) is 8.98. The van der Waals surface area contributed by atoms with Crippen molar-refractivity contribution in [3.05, 3.63) is 107 Å². The van der Waals surface area contributed by atoms with Crippen LogP contribution in [0.15, 0.2) is 84.9 Å². The van der Waals surface area contributed by atoms with Crippen molar-refractivity contribution in [1.82, 2.24) is 10.0 Å². The van der Waals surface area contributed by atoms with Crippen LogP contribution < -0.4 is 0 Å². The molecule has 3 aromatic carbocycles. The molecule has 1 N–H and O–H groups in total. The number of carbonyl (C=O) groups excluding carboxylic acids is 3. The minimum absolute atomic E-state index is 0.00198. The maximum Gasteiger partial charge on any atom is 0.327 e.